The van der Waals surface area contributed by atoms with Crippen molar-refractivity contribution in [1.29, 1.82) is 0 Å². The van der Waals surface area contributed by atoms with Gasteiger partial charge in [0, 0.05) is 4.90 Å². The number of amides is 2. The maximum Gasteiger partial charge on any atom is 0.250 e. The first-order valence-corrected chi connectivity index (χ1v) is 9.28. The lowest BCUT2D eigenvalue weighted by atomic mass is 9.96. The van der Waals surface area contributed by atoms with Gasteiger partial charge in [0.05, 0.1) is 23.7 Å². The molecule has 0 radical (unpaired) electrons. The number of para-hydroxylation sites is 2. The summed E-state index contributed by atoms with van der Waals surface area (Å²) in [5.41, 5.74) is 0.427. The van der Waals surface area contributed by atoms with E-state index in [9.17, 15) is 9.59 Å². The molecule has 2 amide bonds. The van der Waals surface area contributed by atoms with Crippen molar-refractivity contribution in [1.82, 2.24) is 0 Å². The van der Waals surface area contributed by atoms with Crippen molar-refractivity contribution in [2.45, 2.75) is 36.5 Å². The van der Waals surface area contributed by atoms with Crippen molar-refractivity contribution in [3.05, 3.63) is 48.5 Å². The quantitative estimate of drug-likeness (QED) is 0.828. The summed E-state index contributed by atoms with van der Waals surface area (Å²) in [6.45, 7) is 5.39. The van der Waals surface area contributed by atoms with Gasteiger partial charge in [0.25, 0.3) is 0 Å². The fourth-order valence-electron chi connectivity index (χ4n) is 2.94. The molecule has 2 aromatic rings. The molecule has 1 N–H and O–H groups in total. The molecule has 5 nitrogen and oxygen atoms in total. The lowest BCUT2D eigenvalue weighted by molar-refractivity contribution is -0.126. The molecule has 0 spiro atoms. The van der Waals surface area contributed by atoms with Crippen LogP contribution in [-0.4, -0.2) is 29.7 Å². The molecule has 6 heteroatoms. The average molecular weight is 370 g/mol. The number of carbonyl (C=O) groups is 2. The van der Waals surface area contributed by atoms with Crippen LogP contribution in [0.5, 0.6) is 5.75 Å². The Morgan fingerprint density at radius 1 is 1.15 bits per heavy atom. The van der Waals surface area contributed by atoms with Gasteiger partial charge in [0.2, 0.25) is 11.8 Å². The molecule has 0 aliphatic carbocycles. The Balaban J connectivity index is 1.88. The highest BCUT2D eigenvalue weighted by molar-refractivity contribution is 8.00. The second-order valence-corrected chi connectivity index (χ2v) is 8.05. The minimum atomic E-state index is -0.958. The van der Waals surface area contributed by atoms with E-state index in [-0.39, 0.29) is 17.1 Å². The Hall–Kier alpha value is -2.47. The van der Waals surface area contributed by atoms with E-state index in [1.807, 2.05) is 55.5 Å². The number of fused-ring (bicyclic) bond motifs is 1. The Morgan fingerprint density at radius 3 is 2.46 bits per heavy atom. The third-order valence-electron chi connectivity index (χ3n) is 4.45. The Bertz CT molecular complexity index is 833. The third kappa shape index (κ3) is 3.29. The summed E-state index contributed by atoms with van der Waals surface area (Å²) in [6, 6.07) is 15.0. The average Bonchev–Trinajstić information content (AvgIpc) is 2.62. The number of hydrogen-bond donors (Lipinski definition) is 1. The van der Waals surface area contributed by atoms with Gasteiger partial charge in [0.1, 0.15) is 11.3 Å². The van der Waals surface area contributed by atoms with E-state index in [0.717, 1.165) is 16.3 Å². The lowest BCUT2D eigenvalue weighted by Gasteiger charge is -2.43. The van der Waals surface area contributed by atoms with Crippen molar-refractivity contribution in [2.24, 2.45) is 0 Å². The second-order valence-electron chi connectivity index (χ2n) is 6.64. The number of benzene rings is 2. The number of nitrogens with one attached hydrogen (secondary N) is 1. The normalized spacial score (nSPS) is 16.5. The molecule has 1 atom stereocenters. The summed E-state index contributed by atoms with van der Waals surface area (Å²) >= 11 is 1.46. The third-order valence-corrected chi connectivity index (χ3v) is 5.55. The zero-order chi connectivity index (χ0) is 18.9. The van der Waals surface area contributed by atoms with Gasteiger partial charge < -0.3 is 10.1 Å². The monoisotopic (exact) mass is 370 g/mol. The number of methoxy groups -OCH3 is 1. The molecule has 2 aromatic carbocycles. The second kappa shape index (κ2) is 7.03. The summed E-state index contributed by atoms with van der Waals surface area (Å²) in [7, 11) is 1.62. The highest BCUT2D eigenvalue weighted by Crippen LogP contribution is 2.38. The molecule has 0 fully saturated rings. The minimum absolute atomic E-state index is 0.0990. The molecule has 26 heavy (non-hydrogen) atoms. The summed E-state index contributed by atoms with van der Waals surface area (Å²) < 4.78 is 5.17. The Labute approximate surface area is 157 Å². The van der Waals surface area contributed by atoms with Crippen LogP contribution in [0.15, 0.2) is 53.4 Å². The van der Waals surface area contributed by atoms with Crippen molar-refractivity contribution in [3.63, 3.8) is 0 Å². The molecule has 1 heterocycles. The first kappa shape index (κ1) is 18.3. The topological polar surface area (TPSA) is 58.6 Å². The number of thioether (sulfide) groups is 1. The highest BCUT2D eigenvalue weighted by Gasteiger charge is 2.44. The van der Waals surface area contributed by atoms with Crippen LogP contribution in [0.2, 0.25) is 0 Å². The van der Waals surface area contributed by atoms with Crippen molar-refractivity contribution < 1.29 is 14.3 Å². The summed E-state index contributed by atoms with van der Waals surface area (Å²) in [4.78, 5) is 28.4. The smallest absolute Gasteiger partial charge is 0.250 e. The van der Waals surface area contributed by atoms with Gasteiger partial charge in [0.15, 0.2) is 0 Å². The number of carbonyl (C=O) groups excluding carboxylic acids is 2. The van der Waals surface area contributed by atoms with Gasteiger partial charge in [-0.25, -0.2) is 0 Å². The molecule has 1 aliphatic rings. The summed E-state index contributed by atoms with van der Waals surface area (Å²) in [6.07, 6.45) is 0. The minimum Gasteiger partial charge on any atom is -0.497 e. The van der Waals surface area contributed by atoms with Crippen LogP contribution < -0.4 is 15.0 Å². The van der Waals surface area contributed by atoms with Gasteiger partial charge in [-0.3, -0.25) is 14.5 Å². The predicted molar refractivity (Wildman–Crippen MR) is 105 cm³/mol. The molecule has 1 unspecified atom stereocenters. The summed E-state index contributed by atoms with van der Waals surface area (Å²) in [5.74, 6) is 0.486. The lowest BCUT2D eigenvalue weighted by Crippen LogP contribution is -2.60. The van der Waals surface area contributed by atoms with Crippen LogP contribution in [0, 0.1) is 0 Å². The van der Waals surface area contributed by atoms with Crippen LogP contribution in [0.1, 0.15) is 20.8 Å². The molecule has 0 aromatic heterocycles. The van der Waals surface area contributed by atoms with Gasteiger partial charge in [-0.05, 0) is 57.2 Å². The number of nitrogens with zero attached hydrogens (tertiary/aromatic N) is 1. The zero-order valence-corrected chi connectivity index (χ0v) is 16.1. The molecule has 3 rings (SSSR count). The molecule has 0 saturated carbocycles. The molecule has 0 bridgehead atoms. The maximum absolute atomic E-state index is 13.2. The number of anilines is 2. The van der Waals surface area contributed by atoms with E-state index in [1.165, 1.54) is 11.8 Å². The fourth-order valence-corrected chi connectivity index (χ4v) is 3.84. The van der Waals surface area contributed by atoms with E-state index in [1.54, 1.807) is 25.9 Å². The van der Waals surface area contributed by atoms with Crippen LogP contribution >= 0.6 is 11.8 Å². The first-order chi connectivity index (χ1) is 12.3. The van der Waals surface area contributed by atoms with Gasteiger partial charge >= 0.3 is 0 Å². The van der Waals surface area contributed by atoms with Crippen LogP contribution in [0.3, 0.4) is 0 Å². The van der Waals surface area contributed by atoms with Crippen LogP contribution in [0.25, 0.3) is 0 Å². The van der Waals surface area contributed by atoms with Gasteiger partial charge in [-0.15, -0.1) is 11.8 Å². The van der Waals surface area contributed by atoms with Crippen molar-refractivity contribution in [3.8, 4) is 5.75 Å². The van der Waals surface area contributed by atoms with E-state index < -0.39 is 5.54 Å². The Morgan fingerprint density at radius 2 is 1.81 bits per heavy atom. The molecule has 0 saturated heterocycles. The van der Waals surface area contributed by atoms with Crippen LogP contribution in [-0.2, 0) is 9.59 Å². The maximum atomic E-state index is 13.2. The largest absolute Gasteiger partial charge is 0.497 e. The highest BCUT2D eigenvalue weighted by atomic mass is 32.2. The number of hydrogen-bond acceptors (Lipinski definition) is 4. The number of ether oxygens (including phenoxy) is 1. The van der Waals surface area contributed by atoms with Crippen molar-refractivity contribution in [2.75, 3.05) is 17.3 Å². The SMILES string of the molecule is COc1ccc(SC(C)C(=O)N2c3ccccc3NC(=O)C2(C)C)cc1. The molecular weight excluding hydrogens is 348 g/mol. The molecule has 1 aliphatic heterocycles. The van der Waals surface area contributed by atoms with E-state index in [4.69, 9.17) is 4.74 Å². The standard InChI is InChI=1S/C20H22N2O3S/c1-13(26-15-11-9-14(25-4)10-12-15)18(23)22-17-8-6-5-7-16(17)21-19(24)20(22,2)3/h5-13H,1-4H3,(H,21,24). The van der Waals surface area contributed by atoms with Gasteiger partial charge in [-0.1, -0.05) is 12.1 Å². The van der Waals surface area contributed by atoms with E-state index in [0.29, 0.717) is 5.69 Å². The van der Waals surface area contributed by atoms with E-state index >= 15 is 0 Å². The number of rotatable bonds is 4. The zero-order valence-electron chi connectivity index (χ0n) is 15.3. The van der Waals surface area contributed by atoms with Crippen molar-refractivity contribution >= 4 is 35.0 Å². The fraction of sp³-hybridized carbons (Fsp3) is 0.300. The molecular formula is C20H22N2O3S. The van der Waals surface area contributed by atoms with Crippen LogP contribution in [0.4, 0.5) is 11.4 Å². The van der Waals surface area contributed by atoms with E-state index in [2.05, 4.69) is 5.32 Å². The van der Waals surface area contributed by atoms with Gasteiger partial charge in [-0.2, -0.15) is 0 Å². The predicted octanol–water partition coefficient (Wildman–Crippen LogP) is 3.94. The Kier molecular flexibility index (Phi) is 4.96. The first-order valence-electron chi connectivity index (χ1n) is 8.40. The summed E-state index contributed by atoms with van der Waals surface area (Å²) in [5, 5.41) is 2.54. The molecule has 136 valence electrons.